The van der Waals surface area contributed by atoms with Gasteiger partial charge >= 0.3 is 0 Å². The van der Waals surface area contributed by atoms with Crippen molar-refractivity contribution in [3.8, 4) is 0 Å². The zero-order valence-corrected chi connectivity index (χ0v) is 9.73. The number of nitrogens with one attached hydrogen (secondary N) is 1. The lowest BCUT2D eigenvalue weighted by Gasteiger charge is -2.13. The Kier molecular flexibility index (Phi) is 3.13. The van der Waals surface area contributed by atoms with Crippen LogP contribution in [0.2, 0.25) is 0 Å². The van der Waals surface area contributed by atoms with E-state index in [2.05, 4.69) is 31.4 Å². The quantitative estimate of drug-likeness (QED) is 0.926. The second-order valence-electron chi connectivity index (χ2n) is 3.03. The van der Waals surface area contributed by atoms with Crippen LogP contribution < -0.4 is 5.32 Å². The first kappa shape index (κ1) is 10.3. The van der Waals surface area contributed by atoms with E-state index in [4.69, 9.17) is 4.42 Å². The number of rotatable bonds is 3. The van der Waals surface area contributed by atoms with E-state index in [0.717, 1.165) is 15.8 Å². The van der Waals surface area contributed by atoms with Gasteiger partial charge in [0.25, 0.3) is 0 Å². The molecule has 0 radical (unpaired) electrons. The molecule has 2 aromatic rings. The van der Waals surface area contributed by atoms with E-state index in [9.17, 15) is 0 Å². The van der Waals surface area contributed by atoms with E-state index in [1.807, 2.05) is 19.2 Å². The van der Waals surface area contributed by atoms with Gasteiger partial charge in [0.2, 0.25) is 0 Å². The number of aromatic nitrogens is 2. The molecule has 15 heavy (non-hydrogen) atoms. The van der Waals surface area contributed by atoms with Gasteiger partial charge in [-0.2, -0.15) is 10.2 Å². The Balaban J connectivity index is 2.37. The van der Waals surface area contributed by atoms with Gasteiger partial charge in [-0.15, -0.1) is 0 Å². The van der Waals surface area contributed by atoms with E-state index >= 15 is 0 Å². The highest BCUT2D eigenvalue weighted by atomic mass is 79.9. The molecule has 1 N–H and O–H groups in total. The maximum atomic E-state index is 5.41. The highest BCUT2D eigenvalue weighted by molar-refractivity contribution is 9.10. The average Bonchev–Trinajstić information content (AvgIpc) is 2.68. The molecule has 0 fully saturated rings. The highest BCUT2D eigenvalue weighted by Crippen LogP contribution is 2.28. The first-order valence-corrected chi connectivity index (χ1v) is 5.29. The zero-order chi connectivity index (χ0) is 10.7. The molecular formula is C10H10BrN3O. The fourth-order valence-electron chi connectivity index (χ4n) is 1.43. The van der Waals surface area contributed by atoms with Gasteiger partial charge in [-0.1, -0.05) is 0 Å². The molecule has 0 saturated heterocycles. The van der Waals surface area contributed by atoms with Crippen molar-refractivity contribution in [2.45, 2.75) is 6.04 Å². The summed E-state index contributed by atoms with van der Waals surface area (Å²) in [5, 5.41) is 10.8. The molecule has 0 aliphatic heterocycles. The van der Waals surface area contributed by atoms with E-state index in [0.29, 0.717) is 0 Å². The molecule has 0 saturated carbocycles. The maximum absolute atomic E-state index is 5.41. The summed E-state index contributed by atoms with van der Waals surface area (Å²) in [7, 11) is 1.88. The molecule has 0 aliphatic carbocycles. The maximum Gasteiger partial charge on any atom is 0.139 e. The van der Waals surface area contributed by atoms with Crippen molar-refractivity contribution < 1.29 is 4.42 Å². The summed E-state index contributed by atoms with van der Waals surface area (Å²) in [6.07, 6.45) is 5.03. The molecule has 2 aromatic heterocycles. The van der Waals surface area contributed by atoms with Gasteiger partial charge in [0.05, 0.1) is 23.0 Å². The van der Waals surface area contributed by atoms with Crippen LogP contribution in [0.4, 0.5) is 0 Å². The largest absolute Gasteiger partial charge is 0.466 e. The summed E-state index contributed by atoms with van der Waals surface area (Å²) in [6.45, 7) is 0. The van der Waals surface area contributed by atoms with Gasteiger partial charge in [0, 0.05) is 6.20 Å². The molecular weight excluding hydrogens is 258 g/mol. The van der Waals surface area contributed by atoms with Crippen LogP contribution in [-0.4, -0.2) is 17.2 Å². The Bertz CT molecular complexity index is 429. The number of hydrogen-bond donors (Lipinski definition) is 1. The van der Waals surface area contributed by atoms with Crippen LogP contribution in [-0.2, 0) is 0 Å². The summed E-state index contributed by atoms with van der Waals surface area (Å²) in [5.74, 6) is 0.838. The molecule has 2 heterocycles. The Morgan fingerprint density at radius 1 is 1.40 bits per heavy atom. The van der Waals surface area contributed by atoms with Crippen molar-refractivity contribution >= 4 is 15.9 Å². The lowest BCUT2D eigenvalue weighted by Crippen LogP contribution is -2.17. The van der Waals surface area contributed by atoms with Crippen LogP contribution in [0.3, 0.4) is 0 Å². The van der Waals surface area contributed by atoms with Gasteiger partial charge in [-0.05, 0) is 40.7 Å². The Labute approximate surface area is 95.8 Å². The third-order valence-corrected chi connectivity index (χ3v) is 2.79. The third-order valence-electron chi connectivity index (χ3n) is 2.14. The van der Waals surface area contributed by atoms with Crippen LogP contribution in [0.25, 0.3) is 0 Å². The lowest BCUT2D eigenvalue weighted by atomic mass is 10.1. The summed E-state index contributed by atoms with van der Waals surface area (Å²) >= 11 is 3.44. The van der Waals surface area contributed by atoms with Crippen molar-refractivity contribution in [1.82, 2.24) is 15.5 Å². The molecule has 0 aromatic carbocycles. The summed E-state index contributed by atoms with van der Waals surface area (Å²) in [5.41, 5.74) is 1.02. The Morgan fingerprint density at radius 3 is 2.80 bits per heavy atom. The SMILES string of the molecule is CNC(c1ccnnc1)c1occc1Br. The van der Waals surface area contributed by atoms with Crippen LogP contribution in [0.15, 0.2) is 39.7 Å². The lowest BCUT2D eigenvalue weighted by molar-refractivity contribution is 0.460. The van der Waals surface area contributed by atoms with Crippen molar-refractivity contribution in [1.29, 1.82) is 0 Å². The van der Waals surface area contributed by atoms with Crippen molar-refractivity contribution in [2.75, 3.05) is 7.05 Å². The van der Waals surface area contributed by atoms with Crippen LogP contribution in [0, 0.1) is 0 Å². The number of nitrogens with zero attached hydrogens (tertiary/aromatic N) is 2. The molecule has 0 bridgehead atoms. The van der Waals surface area contributed by atoms with E-state index in [1.165, 1.54) is 0 Å². The van der Waals surface area contributed by atoms with Crippen molar-refractivity contribution in [2.24, 2.45) is 0 Å². The zero-order valence-electron chi connectivity index (χ0n) is 8.14. The van der Waals surface area contributed by atoms with Gasteiger partial charge in [0.1, 0.15) is 5.76 Å². The van der Waals surface area contributed by atoms with E-state index in [1.54, 1.807) is 18.7 Å². The molecule has 2 rings (SSSR count). The molecule has 0 amide bonds. The minimum atomic E-state index is -0.00938. The normalized spacial score (nSPS) is 12.7. The number of furan rings is 1. The number of halogens is 1. The monoisotopic (exact) mass is 267 g/mol. The molecule has 4 nitrogen and oxygen atoms in total. The average molecular weight is 268 g/mol. The summed E-state index contributed by atoms with van der Waals surface area (Å²) in [4.78, 5) is 0. The summed E-state index contributed by atoms with van der Waals surface area (Å²) in [6, 6.07) is 3.77. The molecule has 78 valence electrons. The summed E-state index contributed by atoms with van der Waals surface area (Å²) < 4.78 is 6.36. The topological polar surface area (TPSA) is 51.0 Å². The van der Waals surface area contributed by atoms with Crippen molar-refractivity contribution in [3.05, 3.63) is 46.6 Å². The highest BCUT2D eigenvalue weighted by Gasteiger charge is 2.18. The molecule has 1 atom stereocenters. The van der Waals surface area contributed by atoms with Gasteiger partial charge in [-0.3, -0.25) is 0 Å². The van der Waals surface area contributed by atoms with Crippen LogP contribution in [0.5, 0.6) is 0 Å². The minimum absolute atomic E-state index is 0.00938. The molecule has 0 aliphatic rings. The fourth-order valence-corrected chi connectivity index (χ4v) is 1.86. The smallest absolute Gasteiger partial charge is 0.139 e. The minimum Gasteiger partial charge on any atom is -0.466 e. The predicted molar refractivity (Wildman–Crippen MR) is 59.3 cm³/mol. The predicted octanol–water partition coefficient (Wildman–Crippen LogP) is 2.14. The Morgan fingerprint density at radius 2 is 2.27 bits per heavy atom. The second kappa shape index (κ2) is 4.55. The first-order chi connectivity index (χ1) is 7.33. The Hall–Kier alpha value is -1.20. The van der Waals surface area contributed by atoms with Gasteiger partial charge in [0.15, 0.2) is 0 Å². The van der Waals surface area contributed by atoms with Crippen molar-refractivity contribution in [3.63, 3.8) is 0 Å². The van der Waals surface area contributed by atoms with Gasteiger partial charge < -0.3 is 9.73 Å². The fraction of sp³-hybridized carbons (Fsp3) is 0.200. The van der Waals surface area contributed by atoms with Crippen LogP contribution >= 0.6 is 15.9 Å². The standard InChI is InChI=1S/C10H10BrN3O/c1-12-9(7-2-4-13-14-6-7)10-8(11)3-5-15-10/h2-6,9,12H,1H3. The second-order valence-corrected chi connectivity index (χ2v) is 3.88. The van der Waals surface area contributed by atoms with Gasteiger partial charge in [-0.25, -0.2) is 0 Å². The van der Waals surface area contributed by atoms with E-state index < -0.39 is 0 Å². The van der Waals surface area contributed by atoms with E-state index in [-0.39, 0.29) is 6.04 Å². The number of hydrogen-bond acceptors (Lipinski definition) is 4. The molecule has 1 unspecified atom stereocenters. The first-order valence-electron chi connectivity index (χ1n) is 4.49. The third kappa shape index (κ3) is 2.08. The van der Waals surface area contributed by atoms with Crippen LogP contribution in [0.1, 0.15) is 17.4 Å². The molecule has 0 spiro atoms. The molecule has 5 heteroatoms.